The van der Waals surface area contributed by atoms with Crippen LogP contribution in [0.2, 0.25) is 0 Å². The highest BCUT2D eigenvalue weighted by molar-refractivity contribution is 9.10. The Bertz CT molecular complexity index is 1300. The molecule has 2 heterocycles. The highest BCUT2D eigenvalue weighted by Gasteiger charge is 2.17. The summed E-state index contributed by atoms with van der Waals surface area (Å²) >= 11 is 7.94. The predicted octanol–water partition coefficient (Wildman–Crippen LogP) is 5.24. The van der Waals surface area contributed by atoms with E-state index in [1.54, 1.807) is 24.5 Å². The number of nitrogens with zero attached hydrogens (tertiary/aromatic N) is 5. The molecule has 33 heavy (non-hydrogen) atoms. The van der Waals surface area contributed by atoms with Crippen molar-refractivity contribution in [3.8, 4) is 17.1 Å². The average Bonchev–Trinajstić information content (AvgIpc) is 3.25. The van der Waals surface area contributed by atoms with Crippen molar-refractivity contribution < 1.29 is 9.18 Å². The van der Waals surface area contributed by atoms with Gasteiger partial charge in [0, 0.05) is 38.2 Å². The van der Waals surface area contributed by atoms with Crippen molar-refractivity contribution in [3.63, 3.8) is 0 Å². The van der Waals surface area contributed by atoms with Gasteiger partial charge in [-0.25, -0.2) is 9.82 Å². The minimum Gasteiger partial charge on any atom is -0.272 e. The van der Waals surface area contributed by atoms with E-state index in [1.807, 2.05) is 41.0 Å². The lowest BCUT2D eigenvalue weighted by Gasteiger charge is -2.10. The summed E-state index contributed by atoms with van der Waals surface area (Å²) in [5, 5.41) is 13.0. The number of benzene rings is 2. The predicted molar refractivity (Wildman–Crippen MR) is 133 cm³/mol. The smallest absolute Gasteiger partial charge is 0.250 e. The van der Waals surface area contributed by atoms with E-state index < -0.39 is 5.82 Å². The summed E-state index contributed by atoms with van der Waals surface area (Å²) in [6, 6.07) is 15.9. The molecule has 0 aliphatic rings. The molecular weight excluding hydrogens is 575 g/mol. The first-order chi connectivity index (χ1) is 16.0. The number of hydrogen-bond donors (Lipinski definition) is 1. The van der Waals surface area contributed by atoms with Gasteiger partial charge in [-0.15, -0.1) is 10.2 Å². The Balaban J connectivity index is 1.50. The molecule has 2 aromatic heterocycles. The van der Waals surface area contributed by atoms with E-state index >= 15 is 0 Å². The van der Waals surface area contributed by atoms with E-state index in [9.17, 15) is 9.18 Å². The van der Waals surface area contributed by atoms with Gasteiger partial charge in [0.05, 0.1) is 12.0 Å². The number of pyridine rings is 1. The Morgan fingerprint density at radius 3 is 2.55 bits per heavy atom. The van der Waals surface area contributed by atoms with Crippen molar-refractivity contribution in [1.82, 2.24) is 25.2 Å². The van der Waals surface area contributed by atoms with Crippen LogP contribution in [0.4, 0.5) is 4.39 Å². The molecule has 0 radical (unpaired) electrons. The first-order valence-electron chi connectivity index (χ1n) is 9.53. The van der Waals surface area contributed by atoms with E-state index in [0.29, 0.717) is 15.5 Å². The van der Waals surface area contributed by atoms with Crippen LogP contribution in [0.3, 0.4) is 0 Å². The topological polar surface area (TPSA) is 85.1 Å². The number of carbonyl (C=O) groups is 1. The van der Waals surface area contributed by atoms with Crippen LogP contribution in [0.1, 0.15) is 5.56 Å². The second-order valence-electron chi connectivity index (χ2n) is 6.60. The van der Waals surface area contributed by atoms with E-state index in [4.69, 9.17) is 0 Å². The van der Waals surface area contributed by atoms with Crippen molar-refractivity contribution in [2.24, 2.45) is 5.10 Å². The number of nitrogens with one attached hydrogen (secondary N) is 1. The molecule has 0 saturated heterocycles. The zero-order chi connectivity index (χ0) is 23.2. The second kappa shape index (κ2) is 10.8. The molecule has 0 saturated carbocycles. The first-order valence-corrected chi connectivity index (χ1v) is 12.1. The molecule has 4 rings (SSSR count). The third-order valence-electron chi connectivity index (χ3n) is 4.34. The van der Waals surface area contributed by atoms with Crippen LogP contribution in [0.25, 0.3) is 17.1 Å². The van der Waals surface area contributed by atoms with Gasteiger partial charge in [0.2, 0.25) is 0 Å². The van der Waals surface area contributed by atoms with Gasteiger partial charge in [-0.05, 0) is 54.6 Å². The minimum absolute atomic E-state index is 0.0450. The third-order valence-corrected chi connectivity index (χ3v) is 6.29. The molecule has 2 aromatic carbocycles. The lowest BCUT2D eigenvalue weighted by Crippen LogP contribution is -2.20. The molecule has 1 N–H and O–H groups in total. The number of rotatable bonds is 7. The van der Waals surface area contributed by atoms with Crippen molar-refractivity contribution >= 4 is 55.7 Å². The summed E-state index contributed by atoms with van der Waals surface area (Å²) < 4.78 is 17.3. The lowest BCUT2D eigenvalue weighted by molar-refractivity contribution is -0.118. The normalized spacial score (nSPS) is 11.1. The average molecular weight is 590 g/mol. The Kier molecular flexibility index (Phi) is 7.63. The number of carbonyl (C=O) groups excluding carboxylic acids is 1. The molecule has 7 nitrogen and oxygen atoms in total. The van der Waals surface area contributed by atoms with Crippen LogP contribution >= 0.6 is 43.6 Å². The second-order valence-corrected chi connectivity index (χ2v) is 9.38. The number of amides is 1. The highest BCUT2D eigenvalue weighted by atomic mass is 79.9. The van der Waals surface area contributed by atoms with E-state index in [2.05, 4.69) is 57.6 Å². The Morgan fingerprint density at radius 1 is 1.06 bits per heavy atom. The highest BCUT2D eigenvalue weighted by Crippen LogP contribution is 2.28. The van der Waals surface area contributed by atoms with E-state index in [1.165, 1.54) is 24.0 Å². The fraction of sp³-hybridized carbons (Fsp3) is 0.0455. The summed E-state index contributed by atoms with van der Waals surface area (Å²) in [5.74, 6) is -0.117. The number of thioether (sulfide) groups is 1. The zero-order valence-corrected chi connectivity index (χ0v) is 20.8. The summed E-state index contributed by atoms with van der Waals surface area (Å²) in [6.07, 6.45) is 4.62. The van der Waals surface area contributed by atoms with Gasteiger partial charge < -0.3 is 0 Å². The molecule has 0 aliphatic carbocycles. The van der Waals surface area contributed by atoms with Crippen molar-refractivity contribution in [3.05, 3.63) is 87.3 Å². The van der Waals surface area contributed by atoms with Crippen LogP contribution in [0, 0.1) is 5.82 Å². The molecule has 11 heteroatoms. The van der Waals surface area contributed by atoms with Gasteiger partial charge in [-0.1, -0.05) is 43.6 Å². The monoisotopic (exact) mass is 588 g/mol. The van der Waals surface area contributed by atoms with Crippen LogP contribution < -0.4 is 5.43 Å². The SMILES string of the molecule is O=C(CSc1nnc(-c2ccncc2)n1-c1ccc(Br)cc1)N/N=C/c1cc(Br)ccc1F. The largest absolute Gasteiger partial charge is 0.272 e. The molecule has 0 aliphatic heterocycles. The third kappa shape index (κ3) is 5.92. The Morgan fingerprint density at radius 2 is 1.79 bits per heavy atom. The Labute approximate surface area is 209 Å². The van der Waals surface area contributed by atoms with Crippen LogP contribution in [0.15, 0.2) is 86.2 Å². The number of hydrogen-bond acceptors (Lipinski definition) is 6. The van der Waals surface area contributed by atoms with Gasteiger partial charge in [-0.3, -0.25) is 14.3 Å². The summed E-state index contributed by atoms with van der Waals surface area (Å²) in [4.78, 5) is 16.4. The molecular formula is C22H15Br2FN6OS. The molecule has 0 atom stereocenters. The number of aromatic nitrogens is 4. The number of hydrazone groups is 1. The molecule has 0 fully saturated rings. The minimum atomic E-state index is -0.434. The number of halogens is 3. The van der Waals surface area contributed by atoms with Gasteiger partial charge in [0.15, 0.2) is 11.0 Å². The molecule has 0 bridgehead atoms. The summed E-state index contributed by atoms with van der Waals surface area (Å²) in [5.41, 5.74) is 4.36. The van der Waals surface area contributed by atoms with Crippen LogP contribution in [-0.4, -0.2) is 37.6 Å². The summed E-state index contributed by atoms with van der Waals surface area (Å²) in [7, 11) is 0. The fourth-order valence-electron chi connectivity index (χ4n) is 2.82. The van der Waals surface area contributed by atoms with Gasteiger partial charge in [-0.2, -0.15) is 5.10 Å². The standard InChI is InChI=1S/C22H15Br2FN6OS/c23-16-1-4-18(5-2-16)31-21(14-7-9-26-10-8-14)29-30-22(31)33-13-20(32)28-27-12-15-11-17(24)3-6-19(15)25/h1-12H,13H2,(H,28,32)/b27-12+. The van der Waals surface area contributed by atoms with E-state index in [-0.39, 0.29) is 17.2 Å². The van der Waals surface area contributed by atoms with Crippen molar-refractivity contribution in [2.45, 2.75) is 5.16 Å². The van der Waals surface area contributed by atoms with Gasteiger partial charge >= 0.3 is 0 Å². The van der Waals surface area contributed by atoms with Gasteiger partial charge in [0.25, 0.3) is 5.91 Å². The fourth-order valence-corrected chi connectivity index (χ4v) is 4.21. The van der Waals surface area contributed by atoms with Gasteiger partial charge in [0.1, 0.15) is 5.82 Å². The molecule has 1 amide bonds. The molecule has 166 valence electrons. The Hall–Kier alpha value is -2.89. The van der Waals surface area contributed by atoms with E-state index in [0.717, 1.165) is 15.7 Å². The summed E-state index contributed by atoms with van der Waals surface area (Å²) in [6.45, 7) is 0. The first kappa shape index (κ1) is 23.3. The zero-order valence-electron chi connectivity index (χ0n) is 16.8. The molecule has 0 spiro atoms. The molecule has 4 aromatic rings. The maximum Gasteiger partial charge on any atom is 0.250 e. The lowest BCUT2D eigenvalue weighted by atomic mass is 10.2. The van der Waals surface area contributed by atoms with Crippen LogP contribution in [-0.2, 0) is 4.79 Å². The maximum absolute atomic E-state index is 13.8. The quantitative estimate of drug-likeness (QED) is 0.181. The maximum atomic E-state index is 13.8. The van der Waals surface area contributed by atoms with Crippen molar-refractivity contribution in [1.29, 1.82) is 0 Å². The van der Waals surface area contributed by atoms with Crippen molar-refractivity contribution in [2.75, 3.05) is 5.75 Å². The van der Waals surface area contributed by atoms with Crippen LogP contribution in [0.5, 0.6) is 0 Å². The molecule has 0 unspecified atom stereocenters.